The van der Waals surface area contributed by atoms with E-state index >= 15 is 0 Å². The first-order valence-corrected chi connectivity index (χ1v) is 7.39. The normalized spacial score (nSPS) is 12.0. The van der Waals surface area contributed by atoms with Crippen LogP contribution < -0.4 is 10.6 Å². The molecule has 1 atom stereocenters. The fourth-order valence-electron chi connectivity index (χ4n) is 1.92. The first-order chi connectivity index (χ1) is 10.1. The Hall–Kier alpha value is -1.72. The zero-order valence-corrected chi connectivity index (χ0v) is 13.2. The minimum Gasteiger partial charge on any atom is -0.325 e. The summed E-state index contributed by atoms with van der Waals surface area (Å²) in [6, 6.07) is 13.6. The highest BCUT2D eigenvalue weighted by molar-refractivity contribution is 9.10. The summed E-state index contributed by atoms with van der Waals surface area (Å²) < 4.78 is 13.8. The summed E-state index contributed by atoms with van der Waals surface area (Å²) in [6.07, 6.45) is 0. The van der Waals surface area contributed by atoms with E-state index in [0.717, 1.165) is 10.0 Å². The van der Waals surface area contributed by atoms with Gasteiger partial charge in [0, 0.05) is 16.2 Å². The molecule has 0 bridgehead atoms. The van der Waals surface area contributed by atoms with Gasteiger partial charge < -0.3 is 10.6 Å². The molecule has 2 rings (SSSR count). The van der Waals surface area contributed by atoms with E-state index in [2.05, 4.69) is 26.6 Å². The molecule has 3 nitrogen and oxygen atoms in total. The molecule has 21 heavy (non-hydrogen) atoms. The van der Waals surface area contributed by atoms with Crippen molar-refractivity contribution in [1.29, 1.82) is 0 Å². The van der Waals surface area contributed by atoms with Gasteiger partial charge in [-0.25, -0.2) is 4.39 Å². The van der Waals surface area contributed by atoms with Crippen LogP contribution >= 0.6 is 15.9 Å². The van der Waals surface area contributed by atoms with Gasteiger partial charge in [-0.05, 0) is 42.8 Å². The van der Waals surface area contributed by atoms with Gasteiger partial charge in [0.25, 0.3) is 0 Å². The third-order valence-electron chi connectivity index (χ3n) is 3.07. The van der Waals surface area contributed by atoms with Crippen LogP contribution in [0.4, 0.5) is 10.1 Å². The van der Waals surface area contributed by atoms with Crippen molar-refractivity contribution in [2.24, 2.45) is 0 Å². The Kier molecular flexibility index (Phi) is 5.47. The smallest absolute Gasteiger partial charge is 0.238 e. The standard InChI is InChI=1S/C16H16BrFN2O/c1-11(14-4-2-3-5-15(14)17)19-10-16(21)20-13-8-6-12(18)7-9-13/h2-9,11,19H,10H2,1H3,(H,20,21)/t11-/m1/s1. The average molecular weight is 351 g/mol. The molecule has 1 amide bonds. The summed E-state index contributed by atoms with van der Waals surface area (Å²) >= 11 is 3.49. The highest BCUT2D eigenvalue weighted by atomic mass is 79.9. The molecular weight excluding hydrogens is 335 g/mol. The molecule has 0 saturated heterocycles. The van der Waals surface area contributed by atoms with Crippen molar-refractivity contribution < 1.29 is 9.18 Å². The predicted octanol–water partition coefficient (Wildman–Crippen LogP) is 3.88. The van der Waals surface area contributed by atoms with Crippen molar-refractivity contribution in [3.63, 3.8) is 0 Å². The Balaban J connectivity index is 1.86. The number of amides is 1. The lowest BCUT2D eigenvalue weighted by molar-refractivity contribution is -0.115. The Morgan fingerprint density at radius 3 is 2.52 bits per heavy atom. The third kappa shape index (κ3) is 4.65. The number of nitrogens with one attached hydrogen (secondary N) is 2. The number of hydrogen-bond donors (Lipinski definition) is 2. The van der Waals surface area contributed by atoms with Gasteiger partial charge in [-0.3, -0.25) is 4.79 Å². The van der Waals surface area contributed by atoms with Gasteiger partial charge in [0.1, 0.15) is 5.82 Å². The number of hydrogen-bond acceptors (Lipinski definition) is 2. The Morgan fingerprint density at radius 2 is 1.86 bits per heavy atom. The summed E-state index contributed by atoms with van der Waals surface area (Å²) in [5, 5.41) is 5.87. The van der Waals surface area contributed by atoms with Gasteiger partial charge in [-0.15, -0.1) is 0 Å². The van der Waals surface area contributed by atoms with Crippen LogP contribution in [0.2, 0.25) is 0 Å². The van der Waals surface area contributed by atoms with Crippen LogP contribution in [0.5, 0.6) is 0 Å². The molecule has 0 radical (unpaired) electrons. The predicted molar refractivity (Wildman–Crippen MR) is 85.6 cm³/mol. The second-order valence-electron chi connectivity index (χ2n) is 4.68. The molecular formula is C16H16BrFN2O. The molecule has 110 valence electrons. The summed E-state index contributed by atoms with van der Waals surface area (Å²) in [5.41, 5.74) is 1.67. The van der Waals surface area contributed by atoms with E-state index in [9.17, 15) is 9.18 Å². The zero-order chi connectivity index (χ0) is 15.2. The molecule has 0 aliphatic heterocycles. The van der Waals surface area contributed by atoms with Crippen LogP contribution in [0.3, 0.4) is 0 Å². The van der Waals surface area contributed by atoms with Crippen LogP contribution in [0.1, 0.15) is 18.5 Å². The zero-order valence-electron chi connectivity index (χ0n) is 11.6. The molecule has 0 heterocycles. The monoisotopic (exact) mass is 350 g/mol. The lowest BCUT2D eigenvalue weighted by Gasteiger charge is -2.15. The van der Waals surface area contributed by atoms with E-state index in [-0.39, 0.29) is 24.3 Å². The number of benzene rings is 2. The van der Waals surface area contributed by atoms with E-state index < -0.39 is 0 Å². The topological polar surface area (TPSA) is 41.1 Å². The van der Waals surface area contributed by atoms with Crippen molar-refractivity contribution in [3.05, 3.63) is 64.4 Å². The fraction of sp³-hybridized carbons (Fsp3) is 0.188. The van der Waals surface area contributed by atoms with Crippen LogP contribution in [-0.4, -0.2) is 12.5 Å². The maximum absolute atomic E-state index is 12.8. The van der Waals surface area contributed by atoms with E-state index in [0.29, 0.717) is 5.69 Å². The van der Waals surface area contributed by atoms with Crippen molar-refractivity contribution in [1.82, 2.24) is 5.32 Å². The molecule has 0 fully saturated rings. The Bertz CT molecular complexity index is 616. The minimum absolute atomic E-state index is 0.0412. The van der Waals surface area contributed by atoms with E-state index in [4.69, 9.17) is 0 Å². The lowest BCUT2D eigenvalue weighted by atomic mass is 10.1. The van der Waals surface area contributed by atoms with Crippen molar-refractivity contribution in [2.75, 3.05) is 11.9 Å². The molecule has 2 N–H and O–H groups in total. The molecule has 2 aromatic rings. The molecule has 0 unspecified atom stereocenters. The largest absolute Gasteiger partial charge is 0.325 e. The summed E-state index contributed by atoms with van der Waals surface area (Å²) in [7, 11) is 0. The maximum atomic E-state index is 12.8. The molecule has 2 aromatic carbocycles. The summed E-state index contributed by atoms with van der Waals surface area (Å²) in [5.74, 6) is -0.491. The number of anilines is 1. The molecule has 0 aliphatic carbocycles. The van der Waals surface area contributed by atoms with Gasteiger partial charge in [0.2, 0.25) is 5.91 Å². The number of carbonyl (C=O) groups excluding carboxylic acids is 1. The van der Waals surface area contributed by atoms with E-state index in [1.54, 1.807) is 0 Å². The van der Waals surface area contributed by atoms with Crippen LogP contribution in [0.15, 0.2) is 53.0 Å². The van der Waals surface area contributed by atoms with Crippen LogP contribution in [-0.2, 0) is 4.79 Å². The highest BCUT2D eigenvalue weighted by Gasteiger charge is 2.10. The van der Waals surface area contributed by atoms with Crippen molar-refractivity contribution in [2.45, 2.75) is 13.0 Å². The van der Waals surface area contributed by atoms with Gasteiger partial charge in [-0.2, -0.15) is 0 Å². The summed E-state index contributed by atoms with van der Waals surface area (Å²) in [6.45, 7) is 2.17. The van der Waals surface area contributed by atoms with Crippen LogP contribution in [0.25, 0.3) is 0 Å². The lowest BCUT2D eigenvalue weighted by Crippen LogP contribution is -2.30. The summed E-state index contributed by atoms with van der Waals surface area (Å²) in [4.78, 5) is 11.8. The molecule has 0 aromatic heterocycles. The highest BCUT2D eigenvalue weighted by Crippen LogP contribution is 2.22. The third-order valence-corrected chi connectivity index (χ3v) is 3.79. The second-order valence-corrected chi connectivity index (χ2v) is 5.53. The average Bonchev–Trinajstić information content (AvgIpc) is 2.48. The maximum Gasteiger partial charge on any atom is 0.238 e. The van der Waals surface area contributed by atoms with Gasteiger partial charge in [0.05, 0.1) is 6.54 Å². The quantitative estimate of drug-likeness (QED) is 0.859. The molecule has 0 aliphatic rings. The fourth-order valence-corrected chi connectivity index (χ4v) is 2.55. The van der Waals surface area contributed by atoms with E-state index in [1.165, 1.54) is 24.3 Å². The van der Waals surface area contributed by atoms with Gasteiger partial charge in [0.15, 0.2) is 0 Å². The SMILES string of the molecule is C[C@@H](NCC(=O)Nc1ccc(F)cc1)c1ccccc1Br. The first-order valence-electron chi connectivity index (χ1n) is 6.59. The Labute approximate surface area is 131 Å². The van der Waals surface area contributed by atoms with E-state index in [1.807, 2.05) is 31.2 Å². The van der Waals surface area contributed by atoms with Crippen LogP contribution in [0, 0.1) is 5.82 Å². The minimum atomic E-state index is -0.325. The van der Waals surface area contributed by atoms with Gasteiger partial charge in [-0.1, -0.05) is 34.1 Å². The molecule has 5 heteroatoms. The van der Waals surface area contributed by atoms with Crippen molar-refractivity contribution >= 4 is 27.5 Å². The molecule has 0 spiro atoms. The first kappa shape index (κ1) is 15.7. The number of halogens is 2. The van der Waals surface area contributed by atoms with Gasteiger partial charge >= 0.3 is 0 Å². The second kappa shape index (κ2) is 7.33. The van der Waals surface area contributed by atoms with Crippen molar-refractivity contribution in [3.8, 4) is 0 Å². The Morgan fingerprint density at radius 1 is 1.19 bits per heavy atom. The number of rotatable bonds is 5. The number of carbonyl (C=O) groups is 1. The molecule has 0 saturated carbocycles.